The lowest BCUT2D eigenvalue weighted by Crippen LogP contribution is -2.29. The summed E-state index contributed by atoms with van der Waals surface area (Å²) >= 11 is 0. The number of fused-ring (bicyclic) bond motifs is 1. The number of hydrogen-bond acceptors (Lipinski definition) is 4. The molecule has 0 fully saturated rings. The monoisotopic (exact) mass is 314 g/mol. The van der Waals surface area contributed by atoms with Crippen LogP contribution in [0.1, 0.15) is 25.1 Å². The van der Waals surface area contributed by atoms with Crippen molar-refractivity contribution in [1.29, 1.82) is 0 Å². The number of imidazole rings is 1. The maximum atomic E-state index is 12.1. The molecule has 6 heteroatoms. The second-order valence-corrected chi connectivity index (χ2v) is 6.04. The summed E-state index contributed by atoms with van der Waals surface area (Å²) in [5, 5.41) is 0. The SMILES string of the molecule is CC(C)OC(=O)N(C)c1ccc2c(c1)N(Cc1c[nH]cn1)CC2. The predicted molar refractivity (Wildman–Crippen MR) is 89.8 cm³/mol. The molecule has 23 heavy (non-hydrogen) atoms. The molecule has 1 aromatic carbocycles. The van der Waals surface area contributed by atoms with Crippen molar-refractivity contribution in [1.82, 2.24) is 9.97 Å². The molecule has 1 amide bonds. The molecule has 0 radical (unpaired) electrons. The number of ether oxygens (including phenoxy) is 1. The summed E-state index contributed by atoms with van der Waals surface area (Å²) in [4.78, 5) is 23.2. The Labute approximate surface area is 136 Å². The summed E-state index contributed by atoms with van der Waals surface area (Å²) in [6.45, 7) is 5.42. The maximum Gasteiger partial charge on any atom is 0.414 e. The predicted octanol–water partition coefficient (Wildman–Crippen LogP) is 2.95. The van der Waals surface area contributed by atoms with Crippen molar-refractivity contribution in [3.8, 4) is 0 Å². The van der Waals surface area contributed by atoms with Crippen LogP contribution in [-0.2, 0) is 17.7 Å². The summed E-state index contributed by atoms with van der Waals surface area (Å²) < 4.78 is 5.26. The molecule has 0 unspecified atom stereocenters. The Hall–Kier alpha value is -2.50. The number of benzene rings is 1. The minimum atomic E-state index is -0.336. The number of carbonyl (C=O) groups excluding carboxylic acids is 1. The average molecular weight is 314 g/mol. The number of nitrogens with zero attached hydrogens (tertiary/aromatic N) is 3. The van der Waals surface area contributed by atoms with E-state index in [-0.39, 0.29) is 12.2 Å². The topological polar surface area (TPSA) is 61.5 Å². The summed E-state index contributed by atoms with van der Waals surface area (Å²) in [5.41, 5.74) is 4.31. The van der Waals surface area contributed by atoms with Crippen LogP contribution in [0.4, 0.5) is 16.2 Å². The fourth-order valence-electron chi connectivity index (χ4n) is 2.77. The smallest absolute Gasteiger partial charge is 0.414 e. The normalized spacial score (nSPS) is 13.3. The van der Waals surface area contributed by atoms with Gasteiger partial charge in [-0.05, 0) is 38.0 Å². The van der Waals surface area contributed by atoms with Gasteiger partial charge in [-0.2, -0.15) is 0 Å². The van der Waals surface area contributed by atoms with E-state index in [1.807, 2.05) is 26.1 Å². The van der Waals surface area contributed by atoms with Crippen molar-refractivity contribution in [3.63, 3.8) is 0 Å². The molecule has 0 saturated carbocycles. The van der Waals surface area contributed by atoms with Crippen molar-refractivity contribution >= 4 is 17.5 Å². The molecule has 1 N–H and O–H groups in total. The number of rotatable bonds is 4. The van der Waals surface area contributed by atoms with Crippen LogP contribution in [0.2, 0.25) is 0 Å². The molecular formula is C17H22N4O2. The van der Waals surface area contributed by atoms with Crippen molar-refractivity contribution in [2.75, 3.05) is 23.4 Å². The highest BCUT2D eigenvalue weighted by Gasteiger charge is 2.22. The minimum absolute atomic E-state index is 0.129. The fourth-order valence-corrected chi connectivity index (χ4v) is 2.77. The van der Waals surface area contributed by atoms with E-state index in [0.29, 0.717) is 0 Å². The van der Waals surface area contributed by atoms with Crippen molar-refractivity contribution < 1.29 is 9.53 Å². The van der Waals surface area contributed by atoms with Crippen molar-refractivity contribution in [2.24, 2.45) is 0 Å². The van der Waals surface area contributed by atoms with Gasteiger partial charge in [0.15, 0.2) is 0 Å². The second-order valence-electron chi connectivity index (χ2n) is 6.04. The van der Waals surface area contributed by atoms with Crippen molar-refractivity contribution in [2.45, 2.75) is 32.9 Å². The molecule has 0 bridgehead atoms. The summed E-state index contributed by atoms with van der Waals surface area (Å²) in [5.74, 6) is 0. The van der Waals surface area contributed by atoms with E-state index in [2.05, 4.69) is 27.0 Å². The molecule has 0 atom stereocenters. The molecule has 3 rings (SSSR count). The van der Waals surface area contributed by atoms with Crippen LogP contribution in [0.3, 0.4) is 0 Å². The van der Waals surface area contributed by atoms with Gasteiger partial charge >= 0.3 is 6.09 Å². The van der Waals surface area contributed by atoms with Gasteiger partial charge in [0.2, 0.25) is 0 Å². The third kappa shape index (κ3) is 3.31. The zero-order valence-corrected chi connectivity index (χ0v) is 13.7. The Morgan fingerprint density at radius 1 is 1.48 bits per heavy atom. The van der Waals surface area contributed by atoms with Gasteiger partial charge < -0.3 is 14.6 Å². The molecule has 2 aromatic rings. The van der Waals surface area contributed by atoms with Crippen LogP contribution >= 0.6 is 0 Å². The van der Waals surface area contributed by atoms with Crippen LogP contribution < -0.4 is 9.80 Å². The van der Waals surface area contributed by atoms with Crippen LogP contribution in [0, 0.1) is 0 Å². The molecule has 0 spiro atoms. The van der Waals surface area contributed by atoms with Gasteiger partial charge in [0.25, 0.3) is 0 Å². The van der Waals surface area contributed by atoms with Gasteiger partial charge in [-0.3, -0.25) is 4.90 Å². The Balaban J connectivity index is 1.79. The van der Waals surface area contributed by atoms with Gasteiger partial charge in [-0.15, -0.1) is 0 Å². The number of carbonyl (C=O) groups is 1. The van der Waals surface area contributed by atoms with Gasteiger partial charge in [0.1, 0.15) is 0 Å². The van der Waals surface area contributed by atoms with E-state index in [1.54, 1.807) is 18.3 Å². The quantitative estimate of drug-likeness (QED) is 0.942. The lowest BCUT2D eigenvalue weighted by atomic mass is 10.1. The number of aromatic nitrogens is 2. The second kappa shape index (κ2) is 6.32. The molecule has 6 nitrogen and oxygen atoms in total. The first-order valence-corrected chi connectivity index (χ1v) is 7.84. The van der Waals surface area contributed by atoms with Gasteiger partial charge in [0.05, 0.1) is 24.7 Å². The van der Waals surface area contributed by atoms with Crippen LogP contribution in [0.5, 0.6) is 0 Å². The molecule has 1 aromatic heterocycles. The molecule has 2 heterocycles. The minimum Gasteiger partial charge on any atom is -0.446 e. The Morgan fingerprint density at radius 3 is 3.00 bits per heavy atom. The molecule has 0 saturated heterocycles. The third-order valence-corrected chi connectivity index (χ3v) is 3.97. The number of hydrogen-bond donors (Lipinski definition) is 1. The van der Waals surface area contributed by atoms with E-state index >= 15 is 0 Å². The first kappa shape index (κ1) is 15.4. The number of nitrogens with one attached hydrogen (secondary N) is 1. The molecule has 0 aliphatic carbocycles. The Bertz CT molecular complexity index is 682. The lowest BCUT2D eigenvalue weighted by Gasteiger charge is -2.22. The van der Waals surface area contributed by atoms with Crippen molar-refractivity contribution in [3.05, 3.63) is 42.0 Å². The molecule has 1 aliphatic rings. The highest BCUT2D eigenvalue weighted by Crippen LogP contribution is 2.33. The number of amides is 1. The zero-order valence-electron chi connectivity index (χ0n) is 13.7. The first-order valence-electron chi connectivity index (χ1n) is 7.84. The van der Waals surface area contributed by atoms with Gasteiger partial charge in [0, 0.05) is 31.2 Å². The Morgan fingerprint density at radius 2 is 2.30 bits per heavy atom. The number of aromatic amines is 1. The van der Waals surface area contributed by atoms with Crippen LogP contribution in [0.25, 0.3) is 0 Å². The fraction of sp³-hybridized carbons (Fsp3) is 0.412. The van der Waals surface area contributed by atoms with Crippen LogP contribution in [0.15, 0.2) is 30.7 Å². The largest absolute Gasteiger partial charge is 0.446 e. The highest BCUT2D eigenvalue weighted by molar-refractivity contribution is 5.88. The highest BCUT2D eigenvalue weighted by atomic mass is 16.6. The molecular weight excluding hydrogens is 292 g/mol. The van der Waals surface area contributed by atoms with E-state index in [9.17, 15) is 4.79 Å². The standard InChI is InChI=1S/C17H22N4O2/c1-12(2)23-17(22)20(3)15-5-4-13-6-7-21(16(13)8-15)10-14-9-18-11-19-14/h4-5,8-9,11-12H,6-7,10H2,1-3H3,(H,18,19). The number of anilines is 2. The molecule has 122 valence electrons. The lowest BCUT2D eigenvalue weighted by molar-refractivity contribution is 0.124. The first-order chi connectivity index (χ1) is 11.0. The van der Waals surface area contributed by atoms with E-state index < -0.39 is 0 Å². The summed E-state index contributed by atoms with van der Waals surface area (Å²) in [6, 6.07) is 6.11. The molecule has 1 aliphatic heterocycles. The van der Waals surface area contributed by atoms with Gasteiger partial charge in [-0.1, -0.05) is 6.07 Å². The number of H-pyrrole nitrogens is 1. The third-order valence-electron chi connectivity index (χ3n) is 3.97. The maximum absolute atomic E-state index is 12.1. The summed E-state index contributed by atoms with van der Waals surface area (Å²) in [6.07, 6.45) is 4.15. The van der Waals surface area contributed by atoms with E-state index in [1.165, 1.54) is 5.56 Å². The summed E-state index contributed by atoms with van der Waals surface area (Å²) in [7, 11) is 1.74. The van der Waals surface area contributed by atoms with Crippen LogP contribution in [-0.4, -0.2) is 35.8 Å². The van der Waals surface area contributed by atoms with Gasteiger partial charge in [-0.25, -0.2) is 9.78 Å². The average Bonchev–Trinajstić information content (AvgIpc) is 3.16. The Kier molecular flexibility index (Phi) is 4.23. The zero-order chi connectivity index (χ0) is 16.4. The van der Waals surface area contributed by atoms with E-state index in [0.717, 1.165) is 36.6 Å². The van der Waals surface area contributed by atoms with E-state index in [4.69, 9.17) is 4.74 Å².